The molecule has 0 aromatic heterocycles. The second kappa shape index (κ2) is 8.09. The molecule has 1 aromatic rings. The molecule has 0 fully saturated rings. The Balaban J connectivity index is 2.57. The summed E-state index contributed by atoms with van der Waals surface area (Å²) in [6.07, 6.45) is 0. The summed E-state index contributed by atoms with van der Waals surface area (Å²) in [6.45, 7) is 8.97. The average Bonchev–Trinajstić information content (AvgIpc) is 2.38. The molecule has 0 amide bonds. The maximum Gasteiger partial charge on any atom is 0.0637 e. The van der Waals surface area contributed by atoms with E-state index < -0.39 is 0 Å². The molecule has 1 rings (SSSR count). The molecule has 0 heterocycles. The van der Waals surface area contributed by atoms with Gasteiger partial charge in [0.25, 0.3) is 0 Å². The Hall–Kier alpha value is -1.06. The molecule has 0 aliphatic carbocycles. The van der Waals surface area contributed by atoms with Crippen molar-refractivity contribution in [3.8, 4) is 0 Å². The monoisotopic (exact) mass is 236 g/mol. The molecule has 0 atom stereocenters. The van der Waals surface area contributed by atoms with Crippen molar-refractivity contribution in [2.75, 3.05) is 38.3 Å². The maximum absolute atomic E-state index is 5.12. The number of benzene rings is 1. The van der Waals surface area contributed by atoms with Crippen LogP contribution in [0.25, 0.3) is 0 Å². The van der Waals surface area contributed by atoms with E-state index >= 15 is 0 Å². The molecule has 3 nitrogen and oxygen atoms in total. The van der Waals surface area contributed by atoms with E-state index in [0.717, 1.165) is 32.8 Å². The zero-order valence-corrected chi connectivity index (χ0v) is 11.2. The van der Waals surface area contributed by atoms with E-state index in [2.05, 4.69) is 48.3 Å². The number of ether oxygens (including phenoxy) is 1. The third-order valence-corrected chi connectivity index (χ3v) is 2.83. The number of nitrogens with one attached hydrogen (secondary N) is 1. The summed E-state index contributed by atoms with van der Waals surface area (Å²) in [6, 6.07) is 8.75. The standard InChI is InChI=1S/C14H24N2O/c1-4-15-12-13-6-8-14(9-7-13)16(5-2)10-11-17-3/h6-9,15H,4-5,10-12H2,1-3H3. The lowest BCUT2D eigenvalue weighted by molar-refractivity contribution is 0.205. The van der Waals surface area contributed by atoms with Crippen LogP contribution in [0.4, 0.5) is 5.69 Å². The van der Waals surface area contributed by atoms with Gasteiger partial charge >= 0.3 is 0 Å². The van der Waals surface area contributed by atoms with E-state index in [4.69, 9.17) is 4.74 Å². The SMILES string of the molecule is CCNCc1ccc(N(CC)CCOC)cc1. The van der Waals surface area contributed by atoms with E-state index in [9.17, 15) is 0 Å². The zero-order valence-electron chi connectivity index (χ0n) is 11.2. The van der Waals surface area contributed by atoms with Crippen molar-refractivity contribution in [1.29, 1.82) is 0 Å². The molecule has 1 aromatic carbocycles. The Morgan fingerprint density at radius 2 is 1.88 bits per heavy atom. The van der Waals surface area contributed by atoms with Crippen molar-refractivity contribution in [2.24, 2.45) is 0 Å². The average molecular weight is 236 g/mol. The van der Waals surface area contributed by atoms with Gasteiger partial charge in [-0.15, -0.1) is 0 Å². The Morgan fingerprint density at radius 3 is 2.41 bits per heavy atom. The molecule has 96 valence electrons. The number of hydrogen-bond acceptors (Lipinski definition) is 3. The molecule has 17 heavy (non-hydrogen) atoms. The van der Waals surface area contributed by atoms with Gasteiger partial charge in [0, 0.05) is 32.4 Å². The molecule has 0 radical (unpaired) electrons. The molecular weight excluding hydrogens is 212 g/mol. The third-order valence-electron chi connectivity index (χ3n) is 2.83. The number of methoxy groups -OCH3 is 1. The molecule has 0 spiro atoms. The van der Waals surface area contributed by atoms with Crippen molar-refractivity contribution in [3.63, 3.8) is 0 Å². The van der Waals surface area contributed by atoms with Gasteiger partial charge in [0.05, 0.1) is 6.61 Å². The lowest BCUT2D eigenvalue weighted by Gasteiger charge is -2.22. The van der Waals surface area contributed by atoms with E-state index in [-0.39, 0.29) is 0 Å². The van der Waals surface area contributed by atoms with Crippen molar-refractivity contribution >= 4 is 5.69 Å². The van der Waals surface area contributed by atoms with Gasteiger partial charge < -0.3 is 15.0 Å². The van der Waals surface area contributed by atoms with Gasteiger partial charge in [-0.25, -0.2) is 0 Å². The van der Waals surface area contributed by atoms with Gasteiger partial charge in [-0.3, -0.25) is 0 Å². The Labute approximate surface area is 105 Å². The summed E-state index contributed by atoms with van der Waals surface area (Å²) in [7, 11) is 1.74. The van der Waals surface area contributed by atoms with Gasteiger partial charge in [-0.05, 0) is 31.2 Å². The molecule has 0 unspecified atom stereocenters. The third kappa shape index (κ3) is 4.75. The highest BCUT2D eigenvalue weighted by molar-refractivity contribution is 5.47. The smallest absolute Gasteiger partial charge is 0.0637 e. The Morgan fingerprint density at radius 1 is 1.18 bits per heavy atom. The van der Waals surface area contributed by atoms with E-state index in [0.29, 0.717) is 0 Å². The lowest BCUT2D eigenvalue weighted by atomic mass is 10.2. The Kier molecular flexibility index (Phi) is 6.67. The Bertz CT molecular complexity index is 298. The normalized spacial score (nSPS) is 10.5. The summed E-state index contributed by atoms with van der Waals surface area (Å²) in [5, 5.41) is 3.33. The van der Waals surface area contributed by atoms with Crippen molar-refractivity contribution in [2.45, 2.75) is 20.4 Å². The van der Waals surface area contributed by atoms with Crippen LogP contribution < -0.4 is 10.2 Å². The van der Waals surface area contributed by atoms with Gasteiger partial charge in [0.1, 0.15) is 0 Å². The summed E-state index contributed by atoms with van der Waals surface area (Å²) in [5.41, 5.74) is 2.60. The zero-order chi connectivity index (χ0) is 12.5. The minimum Gasteiger partial charge on any atom is -0.383 e. The van der Waals surface area contributed by atoms with Crippen LogP contribution in [0.5, 0.6) is 0 Å². The van der Waals surface area contributed by atoms with Crippen molar-refractivity contribution in [3.05, 3.63) is 29.8 Å². The number of likely N-dealkylation sites (N-methyl/N-ethyl adjacent to an activating group) is 1. The molecular formula is C14H24N2O. The fourth-order valence-electron chi connectivity index (χ4n) is 1.77. The molecule has 1 N–H and O–H groups in total. The lowest BCUT2D eigenvalue weighted by Crippen LogP contribution is -2.26. The molecule has 0 aliphatic rings. The second-order valence-electron chi connectivity index (χ2n) is 4.02. The second-order valence-corrected chi connectivity index (χ2v) is 4.02. The topological polar surface area (TPSA) is 24.5 Å². The van der Waals surface area contributed by atoms with E-state index in [1.54, 1.807) is 7.11 Å². The first-order chi connectivity index (χ1) is 8.31. The predicted molar refractivity (Wildman–Crippen MR) is 73.6 cm³/mol. The molecule has 0 aliphatic heterocycles. The first-order valence-electron chi connectivity index (χ1n) is 6.35. The van der Waals surface area contributed by atoms with Gasteiger partial charge in [0.15, 0.2) is 0 Å². The van der Waals surface area contributed by atoms with Crippen molar-refractivity contribution in [1.82, 2.24) is 5.32 Å². The van der Waals surface area contributed by atoms with Crippen LogP contribution in [-0.2, 0) is 11.3 Å². The highest BCUT2D eigenvalue weighted by atomic mass is 16.5. The van der Waals surface area contributed by atoms with Crippen molar-refractivity contribution < 1.29 is 4.74 Å². The fourth-order valence-corrected chi connectivity index (χ4v) is 1.77. The predicted octanol–water partition coefficient (Wildman–Crippen LogP) is 2.27. The van der Waals surface area contributed by atoms with Gasteiger partial charge in [0.2, 0.25) is 0 Å². The summed E-state index contributed by atoms with van der Waals surface area (Å²) in [5.74, 6) is 0. The summed E-state index contributed by atoms with van der Waals surface area (Å²) < 4.78 is 5.12. The van der Waals surface area contributed by atoms with Crippen LogP contribution in [0.3, 0.4) is 0 Å². The minimum absolute atomic E-state index is 0.771. The largest absolute Gasteiger partial charge is 0.383 e. The molecule has 0 saturated heterocycles. The van der Waals surface area contributed by atoms with Crippen LogP contribution in [0.1, 0.15) is 19.4 Å². The first kappa shape index (κ1) is 14.0. The van der Waals surface area contributed by atoms with Gasteiger partial charge in [-0.1, -0.05) is 19.1 Å². The molecule has 0 saturated carbocycles. The quantitative estimate of drug-likeness (QED) is 0.749. The maximum atomic E-state index is 5.12. The number of anilines is 1. The highest BCUT2D eigenvalue weighted by Crippen LogP contribution is 2.14. The molecule has 0 bridgehead atoms. The van der Waals surface area contributed by atoms with Crippen LogP contribution in [-0.4, -0.2) is 33.4 Å². The minimum atomic E-state index is 0.771. The van der Waals surface area contributed by atoms with E-state index in [1.165, 1.54) is 11.3 Å². The van der Waals surface area contributed by atoms with Crippen LogP contribution in [0.15, 0.2) is 24.3 Å². The number of hydrogen-bond donors (Lipinski definition) is 1. The molecule has 3 heteroatoms. The first-order valence-corrected chi connectivity index (χ1v) is 6.35. The number of rotatable bonds is 8. The summed E-state index contributed by atoms with van der Waals surface area (Å²) in [4.78, 5) is 2.32. The van der Waals surface area contributed by atoms with E-state index in [1.807, 2.05) is 0 Å². The summed E-state index contributed by atoms with van der Waals surface area (Å²) >= 11 is 0. The van der Waals surface area contributed by atoms with Crippen LogP contribution in [0, 0.1) is 0 Å². The van der Waals surface area contributed by atoms with Gasteiger partial charge in [-0.2, -0.15) is 0 Å². The highest BCUT2D eigenvalue weighted by Gasteiger charge is 2.03. The van der Waals surface area contributed by atoms with Crippen LogP contribution in [0.2, 0.25) is 0 Å². The number of nitrogens with zero attached hydrogens (tertiary/aromatic N) is 1. The van der Waals surface area contributed by atoms with Crippen LogP contribution >= 0.6 is 0 Å². The fraction of sp³-hybridized carbons (Fsp3) is 0.571.